The standard InChI is InChI=1S/C24H28NO6P/c1-17(2)13-19(24(28)31-14-18-9-5-4-6-10-18)15-32(29,30-3)16-25-22(26)20-11-7-8-12-21(20)23(25)27/h4-12,17,19H,13-16H2,1-3H3. The lowest BCUT2D eigenvalue weighted by molar-refractivity contribution is -0.149. The summed E-state index contributed by atoms with van der Waals surface area (Å²) in [6.45, 7) is 4.03. The topological polar surface area (TPSA) is 90.0 Å². The lowest BCUT2D eigenvalue weighted by Crippen LogP contribution is -2.33. The fraction of sp³-hybridized carbons (Fsp3) is 0.375. The van der Waals surface area contributed by atoms with Gasteiger partial charge in [-0.3, -0.25) is 23.8 Å². The van der Waals surface area contributed by atoms with Crippen LogP contribution in [-0.4, -0.2) is 42.2 Å². The number of amides is 2. The molecule has 1 aliphatic heterocycles. The SMILES string of the molecule is COP(=O)(CC(CC(C)C)C(=O)OCc1ccccc1)CN1C(=O)c2ccccc2C1=O. The summed E-state index contributed by atoms with van der Waals surface area (Å²) in [6, 6.07) is 15.8. The van der Waals surface area contributed by atoms with Crippen LogP contribution in [0.15, 0.2) is 54.6 Å². The highest BCUT2D eigenvalue weighted by Gasteiger charge is 2.41. The Labute approximate surface area is 188 Å². The predicted octanol–water partition coefficient (Wildman–Crippen LogP) is 4.57. The maximum absolute atomic E-state index is 13.6. The zero-order chi connectivity index (χ0) is 23.3. The zero-order valence-electron chi connectivity index (χ0n) is 18.5. The summed E-state index contributed by atoms with van der Waals surface area (Å²) in [5.74, 6) is -2.01. The third-order valence-electron chi connectivity index (χ3n) is 5.38. The third-order valence-corrected chi connectivity index (χ3v) is 7.76. The monoisotopic (exact) mass is 457 g/mol. The van der Waals surface area contributed by atoms with Gasteiger partial charge in [0.1, 0.15) is 12.9 Å². The van der Waals surface area contributed by atoms with E-state index in [0.717, 1.165) is 10.5 Å². The van der Waals surface area contributed by atoms with E-state index in [4.69, 9.17) is 9.26 Å². The van der Waals surface area contributed by atoms with Crippen molar-refractivity contribution in [3.8, 4) is 0 Å². The zero-order valence-corrected chi connectivity index (χ0v) is 19.4. The van der Waals surface area contributed by atoms with E-state index in [1.54, 1.807) is 24.3 Å². The molecule has 170 valence electrons. The second-order valence-corrected chi connectivity index (χ2v) is 11.0. The van der Waals surface area contributed by atoms with Gasteiger partial charge >= 0.3 is 5.97 Å². The molecule has 0 aromatic heterocycles. The average Bonchev–Trinajstić information content (AvgIpc) is 3.02. The molecule has 0 radical (unpaired) electrons. The number of carbonyl (C=O) groups is 3. The van der Waals surface area contributed by atoms with Crippen molar-refractivity contribution in [3.05, 3.63) is 71.3 Å². The first-order chi connectivity index (χ1) is 15.2. The molecule has 0 fully saturated rings. The van der Waals surface area contributed by atoms with E-state index in [1.807, 2.05) is 44.2 Å². The summed E-state index contributed by atoms with van der Waals surface area (Å²) >= 11 is 0. The number of rotatable bonds is 10. The summed E-state index contributed by atoms with van der Waals surface area (Å²) in [5.41, 5.74) is 1.41. The van der Waals surface area contributed by atoms with Crippen molar-refractivity contribution in [1.29, 1.82) is 0 Å². The van der Waals surface area contributed by atoms with Gasteiger partial charge in [0.15, 0.2) is 0 Å². The Balaban J connectivity index is 1.73. The van der Waals surface area contributed by atoms with E-state index >= 15 is 0 Å². The van der Waals surface area contributed by atoms with Crippen LogP contribution in [0.25, 0.3) is 0 Å². The molecule has 32 heavy (non-hydrogen) atoms. The molecule has 8 heteroatoms. The van der Waals surface area contributed by atoms with Gasteiger partial charge in [0.05, 0.1) is 17.0 Å². The number of fused-ring (bicyclic) bond motifs is 1. The molecule has 7 nitrogen and oxygen atoms in total. The Kier molecular flexibility index (Phi) is 7.64. The van der Waals surface area contributed by atoms with E-state index < -0.39 is 31.1 Å². The van der Waals surface area contributed by atoms with Gasteiger partial charge in [-0.05, 0) is 30.0 Å². The van der Waals surface area contributed by atoms with Crippen LogP contribution in [0.4, 0.5) is 0 Å². The fourth-order valence-corrected chi connectivity index (χ4v) is 5.81. The van der Waals surface area contributed by atoms with E-state index in [-0.39, 0.29) is 36.1 Å². The Morgan fingerprint density at radius 2 is 1.53 bits per heavy atom. The third kappa shape index (κ3) is 5.53. The molecule has 2 amide bonds. The second kappa shape index (κ2) is 10.2. The number of hydrogen-bond acceptors (Lipinski definition) is 6. The minimum atomic E-state index is -3.53. The van der Waals surface area contributed by atoms with Gasteiger partial charge < -0.3 is 9.26 Å². The van der Waals surface area contributed by atoms with Gasteiger partial charge in [-0.1, -0.05) is 56.3 Å². The van der Waals surface area contributed by atoms with Gasteiger partial charge in [-0.25, -0.2) is 0 Å². The minimum absolute atomic E-state index is 0.108. The lowest BCUT2D eigenvalue weighted by atomic mass is 9.99. The lowest BCUT2D eigenvalue weighted by Gasteiger charge is -2.26. The molecule has 0 saturated heterocycles. The predicted molar refractivity (Wildman–Crippen MR) is 120 cm³/mol. The highest BCUT2D eigenvalue weighted by molar-refractivity contribution is 7.59. The normalized spacial score (nSPS) is 16.1. The van der Waals surface area contributed by atoms with Gasteiger partial charge in [-0.2, -0.15) is 0 Å². The molecule has 1 heterocycles. The highest BCUT2D eigenvalue weighted by atomic mass is 31.2. The van der Waals surface area contributed by atoms with E-state index in [0.29, 0.717) is 6.42 Å². The van der Waals surface area contributed by atoms with Crippen LogP contribution in [-0.2, 0) is 25.2 Å². The average molecular weight is 457 g/mol. The number of esters is 1. The van der Waals surface area contributed by atoms with Crippen molar-refractivity contribution < 1.29 is 28.2 Å². The minimum Gasteiger partial charge on any atom is -0.461 e. The molecular weight excluding hydrogens is 429 g/mol. The van der Waals surface area contributed by atoms with Crippen molar-refractivity contribution in [3.63, 3.8) is 0 Å². The first-order valence-corrected chi connectivity index (χ1v) is 12.5. The quantitative estimate of drug-likeness (QED) is 0.295. The van der Waals surface area contributed by atoms with Crippen LogP contribution in [0.3, 0.4) is 0 Å². The van der Waals surface area contributed by atoms with Crippen molar-refractivity contribution in [1.82, 2.24) is 4.90 Å². The van der Waals surface area contributed by atoms with Crippen LogP contribution in [0.5, 0.6) is 0 Å². The Hall–Kier alpha value is -2.76. The molecule has 2 atom stereocenters. The van der Waals surface area contributed by atoms with Gasteiger partial charge in [0, 0.05) is 13.3 Å². The molecule has 3 rings (SSSR count). The maximum atomic E-state index is 13.6. The Morgan fingerprint density at radius 3 is 2.06 bits per heavy atom. The van der Waals surface area contributed by atoms with Gasteiger partial charge in [-0.15, -0.1) is 0 Å². The maximum Gasteiger partial charge on any atom is 0.309 e. The van der Waals surface area contributed by atoms with Crippen LogP contribution >= 0.6 is 7.37 Å². The van der Waals surface area contributed by atoms with Crippen LogP contribution in [0.2, 0.25) is 0 Å². The van der Waals surface area contributed by atoms with Crippen molar-refractivity contribution in [2.24, 2.45) is 11.8 Å². The molecule has 0 aliphatic carbocycles. The summed E-state index contributed by atoms with van der Waals surface area (Å²) in [5, 5.41) is 0. The molecule has 1 aliphatic rings. The highest BCUT2D eigenvalue weighted by Crippen LogP contribution is 2.50. The molecule has 0 saturated carbocycles. The first-order valence-electron chi connectivity index (χ1n) is 10.5. The molecule has 0 spiro atoms. The summed E-state index contributed by atoms with van der Waals surface area (Å²) in [4.78, 5) is 39.2. The number of imide groups is 1. The number of ether oxygens (including phenoxy) is 1. The first kappa shape index (κ1) is 23.9. The van der Waals surface area contributed by atoms with Crippen molar-refractivity contribution in [2.45, 2.75) is 26.9 Å². The molecule has 0 bridgehead atoms. The van der Waals surface area contributed by atoms with E-state index in [1.165, 1.54) is 7.11 Å². The summed E-state index contributed by atoms with van der Waals surface area (Å²) < 4.78 is 24.4. The molecule has 2 aromatic rings. The van der Waals surface area contributed by atoms with Crippen molar-refractivity contribution >= 4 is 25.2 Å². The number of carbonyl (C=O) groups excluding carboxylic acids is 3. The van der Waals surface area contributed by atoms with Crippen LogP contribution in [0.1, 0.15) is 46.5 Å². The number of hydrogen-bond donors (Lipinski definition) is 0. The largest absolute Gasteiger partial charge is 0.461 e. The number of nitrogens with zero attached hydrogens (tertiary/aromatic N) is 1. The molecule has 2 aromatic carbocycles. The Morgan fingerprint density at radius 1 is 0.969 bits per heavy atom. The van der Waals surface area contributed by atoms with E-state index in [9.17, 15) is 18.9 Å². The number of benzene rings is 2. The molecular formula is C24H28NO6P. The molecule has 2 unspecified atom stereocenters. The molecule has 0 N–H and O–H groups in total. The second-order valence-electron chi connectivity index (χ2n) is 8.32. The van der Waals surface area contributed by atoms with Crippen LogP contribution < -0.4 is 0 Å². The summed E-state index contributed by atoms with van der Waals surface area (Å²) in [6.07, 6.45) is -0.0395. The summed E-state index contributed by atoms with van der Waals surface area (Å²) in [7, 11) is -2.25. The smallest absolute Gasteiger partial charge is 0.309 e. The fourth-order valence-electron chi connectivity index (χ4n) is 3.77. The van der Waals surface area contributed by atoms with Gasteiger partial charge in [0.25, 0.3) is 11.8 Å². The van der Waals surface area contributed by atoms with Gasteiger partial charge in [0.2, 0.25) is 7.37 Å². The van der Waals surface area contributed by atoms with Crippen LogP contribution in [0, 0.1) is 11.8 Å². The van der Waals surface area contributed by atoms with Crippen molar-refractivity contribution in [2.75, 3.05) is 19.6 Å². The van der Waals surface area contributed by atoms with E-state index in [2.05, 4.69) is 0 Å². The Bertz CT molecular complexity index is 1000.